The molecule has 3 heterocycles. The maximum atomic E-state index is 12.8. The first-order valence-electron chi connectivity index (χ1n) is 8.82. The third kappa shape index (κ3) is 4.21. The molecule has 2 aromatic heterocycles. The Bertz CT molecular complexity index is 1090. The lowest BCUT2D eigenvalue weighted by Gasteiger charge is -2.28. The molecule has 1 aromatic carbocycles. The lowest BCUT2D eigenvalue weighted by Crippen LogP contribution is -2.36. The lowest BCUT2D eigenvalue weighted by atomic mass is 10.1. The molecular formula is C20H15Cl2N5O2. The Kier molecular flexibility index (Phi) is 5.42. The fraction of sp³-hybridized carbons (Fsp3) is 0.150. The Morgan fingerprint density at radius 1 is 1.07 bits per heavy atom. The number of carbonyl (C=O) groups is 2. The van der Waals surface area contributed by atoms with Crippen LogP contribution >= 0.6 is 23.2 Å². The highest BCUT2D eigenvalue weighted by Gasteiger charge is 2.24. The summed E-state index contributed by atoms with van der Waals surface area (Å²) in [5.41, 5.74) is 2.54. The minimum atomic E-state index is -0.328. The van der Waals surface area contributed by atoms with Crippen LogP contribution in [0.4, 0.5) is 5.95 Å². The zero-order valence-corrected chi connectivity index (χ0v) is 16.6. The molecule has 146 valence electrons. The minimum absolute atomic E-state index is 0.136. The summed E-state index contributed by atoms with van der Waals surface area (Å²) in [6.45, 7) is 0.879. The van der Waals surface area contributed by atoms with Gasteiger partial charge in [0.05, 0.1) is 21.3 Å². The van der Waals surface area contributed by atoms with Gasteiger partial charge in [-0.15, -0.1) is 0 Å². The molecule has 9 heteroatoms. The predicted octanol–water partition coefficient (Wildman–Crippen LogP) is 3.63. The monoisotopic (exact) mass is 427 g/mol. The van der Waals surface area contributed by atoms with Crippen molar-refractivity contribution < 1.29 is 9.59 Å². The summed E-state index contributed by atoms with van der Waals surface area (Å²) in [5, 5.41) is 3.41. The molecule has 1 N–H and O–H groups in total. The van der Waals surface area contributed by atoms with Crippen LogP contribution < -0.4 is 5.32 Å². The van der Waals surface area contributed by atoms with Crippen LogP contribution in [0.2, 0.25) is 10.0 Å². The number of halogens is 2. The van der Waals surface area contributed by atoms with E-state index in [-0.39, 0.29) is 17.8 Å². The molecule has 1 aliphatic rings. The quantitative estimate of drug-likeness (QED) is 0.689. The largest absolute Gasteiger partial charge is 0.334 e. The van der Waals surface area contributed by atoms with E-state index in [1.54, 1.807) is 47.6 Å². The first-order valence-corrected chi connectivity index (χ1v) is 9.57. The molecular weight excluding hydrogens is 413 g/mol. The molecule has 0 atom stereocenters. The molecule has 0 bridgehead atoms. The van der Waals surface area contributed by atoms with Gasteiger partial charge in [0.25, 0.3) is 11.8 Å². The summed E-state index contributed by atoms with van der Waals surface area (Å²) in [5.74, 6) is -0.240. The third-order valence-electron chi connectivity index (χ3n) is 4.54. The maximum absolute atomic E-state index is 12.8. The normalized spacial score (nSPS) is 13.0. The van der Waals surface area contributed by atoms with E-state index in [0.29, 0.717) is 40.7 Å². The van der Waals surface area contributed by atoms with Crippen molar-refractivity contribution in [2.45, 2.75) is 13.0 Å². The molecule has 0 aliphatic carbocycles. The molecule has 0 spiro atoms. The van der Waals surface area contributed by atoms with Crippen molar-refractivity contribution >= 4 is 41.0 Å². The number of nitrogens with one attached hydrogen (secondary N) is 1. The van der Waals surface area contributed by atoms with Gasteiger partial charge in [0, 0.05) is 49.2 Å². The van der Waals surface area contributed by atoms with Gasteiger partial charge in [0.15, 0.2) is 0 Å². The van der Waals surface area contributed by atoms with E-state index < -0.39 is 0 Å². The Morgan fingerprint density at radius 3 is 2.69 bits per heavy atom. The van der Waals surface area contributed by atoms with Gasteiger partial charge in [-0.25, -0.2) is 9.97 Å². The first kappa shape index (κ1) is 19.3. The fourth-order valence-corrected chi connectivity index (χ4v) is 3.33. The van der Waals surface area contributed by atoms with E-state index in [1.165, 1.54) is 6.20 Å². The summed E-state index contributed by atoms with van der Waals surface area (Å²) in [7, 11) is 0. The van der Waals surface area contributed by atoms with Gasteiger partial charge in [-0.05, 0) is 30.3 Å². The number of fused-ring (bicyclic) bond motifs is 1. The molecule has 2 amide bonds. The Balaban J connectivity index is 1.47. The first-order chi connectivity index (χ1) is 14.0. The maximum Gasteiger partial charge on any atom is 0.259 e. The van der Waals surface area contributed by atoms with Gasteiger partial charge in [0.1, 0.15) is 0 Å². The molecule has 0 saturated heterocycles. The van der Waals surface area contributed by atoms with Gasteiger partial charge in [-0.3, -0.25) is 19.9 Å². The van der Waals surface area contributed by atoms with Crippen LogP contribution in [0.15, 0.2) is 48.9 Å². The van der Waals surface area contributed by atoms with Crippen molar-refractivity contribution in [3.8, 4) is 0 Å². The molecule has 29 heavy (non-hydrogen) atoms. The zero-order chi connectivity index (χ0) is 20.4. The molecule has 4 rings (SSSR count). The average Bonchev–Trinajstić information content (AvgIpc) is 2.75. The van der Waals surface area contributed by atoms with Crippen LogP contribution in [-0.4, -0.2) is 38.2 Å². The van der Waals surface area contributed by atoms with Crippen molar-refractivity contribution in [1.29, 1.82) is 0 Å². The number of nitrogens with zero attached hydrogens (tertiary/aromatic N) is 4. The van der Waals surface area contributed by atoms with Crippen molar-refractivity contribution in [2.24, 2.45) is 0 Å². The standard InChI is InChI=1S/C20H15Cl2N5O2/c21-15-4-3-12(8-16(15)22)19(29)27-7-5-17-14(11-27)10-24-20(25-17)26-18(28)13-2-1-6-23-9-13/h1-4,6,8-10H,5,7,11H2,(H,24,25,26,28). The summed E-state index contributed by atoms with van der Waals surface area (Å²) < 4.78 is 0. The summed E-state index contributed by atoms with van der Waals surface area (Å²) in [6.07, 6.45) is 5.26. The van der Waals surface area contributed by atoms with E-state index in [1.807, 2.05) is 0 Å². The number of aromatic nitrogens is 3. The Labute approximate surface area is 176 Å². The highest BCUT2D eigenvalue weighted by atomic mass is 35.5. The second-order valence-corrected chi connectivity index (χ2v) is 7.28. The topological polar surface area (TPSA) is 88.1 Å². The van der Waals surface area contributed by atoms with E-state index in [2.05, 4.69) is 20.3 Å². The van der Waals surface area contributed by atoms with Crippen LogP contribution in [0.3, 0.4) is 0 Å². The molecule has 3 aromatic rings. The SMILES string of the molecule is O=C(Nc1ncc2c(n1)CCN(C(=O)c1ccc(Cl)c(Cl)c1)C2)c1cccnc1. The van der Waals surface area contributed by atoms with Crippen molar-refractivity contribution in [3.63, 3.8) is 0 Å². The molecule has 7 nitrogen and oxygen atoms in total. The smallest absolute Gasteiger partial charge is 0.259 e. The molecule has 0 unspecified atom stereocenters. The summed E-state index contributed by atoms with van der Waals surface area (Å²) in [4.78, 5) is 39.3. The zero-order valence-electron chi connectivity index (χ0n) is 15.1. The number of pyridine rings is 1. The average molecular weight is 428 g/mol. The highest BCUT2D eigenvalue weighted by Crippen LogP contribution is 2.25. The molecule has 0 fully saturated rings. The van der Waals surface area contributed by atoms with Gasteiger partial charge in [-0.1, -0.05) is 23.2 Å². The van der Waals surface area contributed by atoms with Crippen molar-refractivity contribution in [3.05, 3.63) is 81.4 Å². The van der Waals surface area contributed by atoms with Gasteiger partial charge in [0.2, 0.25) is 5.95 Å². The Morgan fingerprint density at radius 2 is 1.93 bits per heavy atom. The number of rotatable bonds is 3. The number of benzene rings is 1. The fourth-order valence-electron chi connectivity index (χ4n) is 3.03. The second kappa shape index (κ2) is 8.14. The number of hydrogen-bond acceptors (Lipinski definition) is 5. The third-order valence-corrected chi connectivity index (χ3v) is 5.28. The summed E-state index contributed by atoms with van der Waals surface area (Å²) in [6, 6.07) is 8.17. The van der Waals surface area contributed by atoms with E-state index >= 15 is 0 Å². The number of hydrogen-bond donors (Lipinski definition) is 1. The minimum Gasteiger partial charge on any atom is -0.334 e. The van der Waals surface area contributed by atoms with Crippen LogP contribution in [-0.2, 0) is 13.0 Å². The van der Waals surface area contributed by atoms with Gasteiger partial charge >= 0.3 is 0 Å². The molecule has 0 radical (unpaired) electrons. The van der Waals surface area contributed by atoms with Crippen LogP contribution in [0, 0.1) is 0 Å². The Hall–Kier alpha value is -3.03. The summed E-state index contributed by atoms with van der Waals surface area (Å²) >= 11 is 11.9. The molecule has 0 saturated carbocycles. The highest BCUT2D eigenvalue weighted by molar-refractivity contribution is 6.42. The van der Waals surface area contributed by atoms with Gasteiger partial charge in [-0.2, -0.15) is 0 Å². The molecule has 1 aliphatic heterocycles. The van der Waals surface area contributed by atoms with Crippen molar-refractivity contribution in [1.82, 2.24) is 19.9 Å². The number of amides is 2. The van der Waals surface area contributed by atoms with Crippen LogP contribution in [0.1, 0.15) is 32.0 Å². The van der Waals surface area contributed by atoms with Gasteiger partial charge < -0.3 is 4.90 Å². The number of anilines is 1. The second-order valence-electron chi connectivity index (χ2n) is 6.47. The van der Waals surface area contributed by atoms with Crippen LogP contribution in [0.25, 0.3) is 0 Å². The van der Waals surface area contributed by atoms with E-state index in [0.717, 1.165) is 11.3 Å². The number of carbonyl (C=O) groups excluding carboxylic acids is 2. The predicted molar refractivity (Wildman–Crippen MR) is 109 cm³/mol. The van der Waals surface area contributed by atoms with E-state index in [9.17, 15) is 9.59 Å². The van der Waals surface area contributed by atoms with Crippen molar-refractivity contribution in [2.75, 3.05) is 11.9 Å². The lowest BCUT2D eigenvalue weighted by molar-refractivity contribution is 0.0733. The van der Waals surface area contributed by atoms with Crippen LogP contribution in [0.5, 0.6) is 0 Å². The van der Waals surface area contributed by atoms with E-state index in [4.69, 9.17) is 23.2 Å².